The Morgan fingerprint density at radius 3 is 2.41 bits per heavy atom. The molecule has 1 atom stereocenters. The van der Waals surface area contributed by atoms with Crippen molar-refractivity contribution in [3.63, 3.8) is 0 Å². The lowest BCUT2D eigenvalue weighted by Gasteiger charge is -2.21. The van der Waals surface area contributed by atoms with Gasteiger partial charge >= 0.3 is 0 Å². The van der Waals surface area contributed by atoms with Crippen molar-refractivity contribution >= 4 is 5.82 Å². The van der Waals surface area contributed by atoms with E-state index in [1.54, 1.807) is 0 Å². The lowest BCUT2D eigenvalue weighted by Crippen LogP contribution is -2.24. The van der Waals surface area contributed by atoms with Gasteiger partial charge in [0.25, 0.3) is 0 Å². The maximum absolute atomic E-state index is 4.48. The van der Waals surface area contributed by atoms with Crippen LogP contribution in [0.3, 0.4) is 0 Å². The highest BCUT2D eigenvalue weighted by atomic mass is 15.2. The molecule has 0 fully saturated rings. The second-order valence-corrected chi connectivity index (χ2v) is 3.94. The average Bonchev–Trinajstić information content (AvgIpc) is 2.38. The molecule has 0 bridgehead atoms. The fourth-order valence-electron chi connectivity index (χ4n) is 1.58. The number of rotatable bonds is 7. The summed E-state index contributed by atoms with van der Waals surface area (Å²) < 4.78 is 0. The van der Waals surface area contributed by atoms with Crippen LogP contribution in [0.25, 0.3) is 0 Å². The van der Waals surface area contributed by atoms with Crippen LogP contribution in [0.4, 0.5) is 5.82 Å². The average molecular weight is 231 g/mol. The molecule has 0 aliphatic heterocycles. The minimum atomic E-state index is 0.323. The molecular weight excluding hydrogens is 210 g/mol. The minimum Gasteiger partial charge on any atom is -0.349 e. The van der Waals surface area contributed by atoms with Crippen LogP contribution in [0.1, 0.15) is 18.5 Å². The lowest BCUT2D eigenvalue weighted by molar-refractivity contribution is 0.649. The smallest absolute Gasteiger partial charge is 0.129 e. The molecule has 0 saturated heterocycles. The van der Waals surface area contributed by atoms with E-state index in [0.29, 0.717) is 6.04 Å². The summed E-state index contributed by atoms with van der Waals surface area (Å²) in [5.74, 6) is 0.955. The van der Waals surface area contributed by atoms with Crippen LogP contribution in [0.2, 0.25) is 0 Å². The number of pyridine rings is 1. The number of hydrogen-bond acceptors (Lipinski definition) is 3. The molecule has 0 aliphatic carbocycles. The standard InChI is InChI=1S/C14H21N3/c1-5-9-17(10-6-2)14-8-7-13(11-16-14)12(3)15-4/h5-8,11-12,15H,1-2,9-10H2,3-4H3. The first-order chi connectivity index (χ1) is 8.22. The second-order valence-electron chi connectivity index (χ2n) is 3.94. The van der Waals surface area contributed by atoms with Gasteiger partial charge in [-0.2, -0.15) is 0 Å². The maximum Gasteiger partial charge on any atom is 0.129 e. The van der Waals surface area contributed by atoms with E-state index in [0.717, 1.165) is 18.9 Å². The van der Waals surface area contributed by atoms with Gasteiger partial charge < -0.3 is 10.2 Å². The topological polar surface area (TPSA) is 28.2 Å². The predicted octanol–water partition coefficient (Wildman–Crippen LogP) is 2.54. The molecule has 0 saturated carbocycles. The summed E-state index contributed by atoms with van der Waals surface area (Å²) in [6.45, 7) is 11.2. The van der Waals surface area contributed by atoms with E-state index in [1.165, 1.54) is 5.56 Å². The Balaban J connectivity index is 2.83. The number of nitrogens with zero attached hydrogens (tertiary/aromatic N) is 2. The highest BCUT2D eigenvalue weighted by Gasteiger charge is 2.06. The van der Waals surface area contributed by atoms with Crippen molar-refractivity contribution < 1.29 is 0 Å². The van der Waals surface area contributed by atoms with E-state index >= 15 is 0 Å². The summed E-state index contributed by atoms with van der Waals surface area (Å²) in [6.07, 6.45) is 5.65. The van der Waals surface area contributed by atoms with Gasteiger partial charge in [0.15, 0.2) is 0 Å². The molecule has 92 valence electrons. The molecule has 17 heavy (non-hydrogen) atoms. The van der Waals surface area contributed by atoms with E-state index in [-0.39, 0.29) is 0 Å². The summed E-state index contributed by atoms with van der Waals surface area (Å²) in [5.41, 5.74) is 1.19. The molecule has 0 amide bonds. The Labute approximate surface area is 104 Å². The lowest BCUT2D eigenvalue weighted by atomic mass is 10.1. The van der Waals surface area contributed by atoms with Crippen LogP contribution in [-0.4, -0.2) is 25.1 Å². The van der Waals surface area contributed by atoms with Crippen molar-refractivity contribution in [3.05, 3.63) is 49.2 Å². The molecule has 3 heteroatoms. The van der Waals surface area contributed by atoms with Crippen LogP contribution in [0, 0.1) is 0 Å². The summed E-state index contributed by atoms with van der Waals surface area (Å²) in [4.78, 5) is 6.59. The number of aromatic nitrogens is 1. The fourth-order valence-corrected chi connectivity index (χ4v) is 1.58. The Bertz CT molecular complexity index is 346. The second kappa shape index (κ2) is 6.86. The van der Waals surface area contributed by atoms with Crippen molar-refractivity contribution in [1.82, 2.24) is 10.3 Å². The molecule has 0 radical (unpaired) electrons. The molecule has 1 aromatic rings. The van der Waals surface area contributed by atoms with E-state index in [2.05, 4.69) is 41.3 Å². The number of nitrogens with one attached hydrogen (secondary N) is 1. The van der Waals surface area contributed by atoms with Gasteiger partial charge in [-0.05, 0) is 25.6 Å². The van der Waals surface area contributed by atoms with Crippen LogP contribution in [0.15, 0.2) is 43.6 Å². The summed E-state index contributed by atoms with van der Waals surface area (Å²) in [7, 11) is 1.94. The molecule has 1 aromatic heterocycles. The van der Waals surface area contributed by atoms with E-state index < -0.39 is 0 Å². The Morgan fingerprint density at radius 1 is 1.35 bits per heavy atom. The highest BCUT2D eigenvalue weighted by Crippen LogP contribution is 2.15. The molecule has 1 rings (SSSR count). The first kappa shape index (κ1) is 13.5. The highest BCUT2D eigenvalue weighted by molar-refractivity contribution is 5.41. The van der Waals surface area contributed by atoms with Crippen molar-refractivity contribution in [3.8, 4) is 0 Å². The fraction of sp³-hybridized carbons (Fsp3) is 0.357. The normalized spacial score (nSPS) is 11.9. The molecule has 1 unspecified atom stereocenters. The van der Waals surface area contributed by atoms with Gasteiger partial charge in [-0.3, -0.25) is 0 Å². The number of anilines is 1. The molecule has 1 N–H and O–H groups in total. The summed E-state index contributed by atoms with van der Waals surface area (Å²) in [5, 5.41) is 3.19. The Hall–Kier alpha value is -1.61. The Kier molecular flexibility index (Phi) is 5.43. The molecule has 0 aliphatic rings. The first-order valence-electron chi connectivity index (χ1n) is 5.82. The predicted molar refractivity (Wildman–Crippen MR) is 74.3 cm³/mol. The molecule has 1 heterocycles. The molecule has 0 aromatic carbocycles. The quantitative estimate of drug-likeness (QED) is 0.731. The third-order valence-electron chi connectivity index (χ3n) is 2.73. The van der Waals surface area contributed by atoms with Gasteiger partial charge in [0.1, 0.15) is 5.82 Å². The summed E-state index contributed by atoms with van der Waals surface area (Å²) in [6, 6.07) is 4.46. The molecule has 0 spiro atoms. The third kappa shape index (κ3) is 3.71. The SMILES string of the molecule is C=CCN(CC=C)c1ccc(C(C)NC)cn1. The van der Waals surface area contributed by atoms with Crippen molar-refractivity contribution in [2.75, 3.05) is 25.0 Å². The van der Waals surface area contributed by atoms with E-state index in [4.69, 9.17) is 0 Å². The van der Waals surface area contributed by atoms with Crippen LogP contribution in [-0.2, 0) is 0 Å². The zero-order valence-electron chi connectivity index (χ0n) is 10.7. The Morgan fingerprint density at radius 2 is 2.00 bits per heavy atom. The van der Waals surface area contributed by atoms with Gasteiger partial charge in [-0.15, -0.1) is 13.2 Å². The van der Waals surface area contributed by atoms with Crippen LogP contribution in [0.5, 0.6) is 0 Å². The van der Waals surface area contributed by atoms with Crippen LogP contribution >= 0.6 is 0 Å². The van der Waals surface area contributed by atoms with Gasteiger partial charge in [0.2, 0.25) is 0 Å². The van der Waals surface area contributed by atoms with Gasteiger partial charge in [-0.1, -0.05) is 18.2 Å². The zero-order chi connectivity index (χ0) is 12.7. The van der Waals surface area contributed by atoms with Gasteiger partial charge in [0, 0.05) is 25.3 Å². The molecule has 3 nitrogen and oxygen atoms in total. The third-order valence-corrected chi connectivity index (χ3v) is 2.73. The van der Waals surface area contributed by atoms with Crippen LogP contribution < -0.4 is 10.2 Å². The minimum absolute atomic E-state index is 0.323. The van der Waals surface area contributed by atoms with E-state index in [9.17, 15) is 0 Å². The van der Waals surface area contributed by atoms with E-state index in [1.807, 2.05) is 31.5 Å². The van der Waals surface area contributed by atoms with Crippen molar-refractivity contribution in [2.24, 2.45) is 0 Å². The number of hydrogen-bond donors (Lipinski definition) is 1. The van der Waals surface area contributed by atoms with Crippen molar-refractivity contribution in [2.45, 2.75) is 13.0 Å². The maximum atomic E-state index is 4.48. The molecular formula is C14H21N3. The van der Waals surface area contributed by atoms with Gasteiger partial charge in [-0.25, -0.2) is 4.98 Å². The zero-order valence-corrected chi connectivity index (χ0v) is 10.7. The monoisotopic (exact) mass is 231 g/mol. The summed E-state index contributed by atoms with van der Waals surface area (Å²) >= 11 is 0. The largest absolute Gasteiger partial charge is 0.349 e. The van der Waals surface area contributed by atoms with Gasteiger partial charge in [0.05, 0.1) is 0 Å². The van der Waals surface area contributed by atoms with Crippen molar-refractivity contribution in [1.29, 1.82) is 0 Å². The first-order valence-corrected chi connectivity index (χ1v) is 5.82.